The Balaban J connectivity index is 2.30. The SMILES string of the molecule is CCCn1c(-c2cc(Br)ccc2O)nc2cc(F)ccc21. The zero-order valence-corrected chi connectivity index (χ0v) is 13.1. The summed E-state index contributed by atoms with van der Waals surface area (Å²) in [6.07, 6.45) is 0.921. The van der Waals surface area contributed by atoms with E-state index >= 15 is 0 Å². The van der Waals surface area contributed by atoms with Gasteiger partial charge in [-0.25, -0.2) is 9.37 Å². The molecule has 21 heavy (non-hydrogen) atoms. The van der Waals surface area contributed by atoms with E-state index in [9.17, 15) is 9.50 Å². The molecule has 3 aromatic rings. The van der Waals surface area contributed by atoms with E-state index in [1.54, 1.807) is 18.2 Å². The lowest BCUT2D eigenvalue weighted by Gasteiger charge is -2.09. The van der Waals surface area contributed by atoms with Gasteiger partial charge in [0.25, 0.3) is 0 Å². The lowest BCUT2D eigenvalue weighted by atomic mass is 10.2. The molecule has 0 aliphatic heterocycles. The smallest absolute Gasteiger partial charge is 0.144 e. The molecule has 0 atom stereocenters. The second-order valence-electron chi connectivity index (χ2n) is 4.88. The lowest BCUT2D eigenvalue weighted by Crippen LogP contribution is -2.00. The second-order valence-corrected chi connectivity index (χ2v) is 5.80. The molecule has 0 saturated heterocycles. The molecule has 1 N–H and O–H groups in total. The Morgan fingerprint density at radius 1 is 1.24 bits per heavy atom. The first-order chi connectivity index (χ1) is 10.1. The highest BCUT2D eigenvalue weighted by Gasteiger charge is 2.16. The van der Waals surface area contributed by atoms with Crippen molar-refractivity contribution in [1.29, 1.82) is 0 Å². The number of hydrogen-bond donors (Lipinski definition) is 1. The fraction of sp³-hybridized carbons (Fsp3) is 0.188. The van der Waals surface area contributed by atoms with Crippen LogP contribution in [-0.4, -0.2) is 14.7 Å². The highest BCUT2D eigenvalue weighted by molar-refractivity contribution is 9.10. The standard InChI is InChI=1S/C16H14BrFN2O/c1-2-7-20-14-5-4-11(18)9-13(14)19-16(20)12-8-10(17)3-6-15(12)21/h3-6,8-9,21H,2,7H2,1H3. The molecule has 3 nitrogen and oxygen atoms in total. The summed E-state index contributed by atoms with van der Waals surface area (Å²) >= 11 is 3.40. The van der Waals surface area contributed by atoms with Gasteiger partial charge in [-0.2, -0.15) is 0 Å². The summed E-state index contributed by atoms with van der Waals surface area (Å²) in [4.78, 5) is 4.51. The summed E-state index contributed by atoms with van der Waals surface area (Å²) in [5.74, 6) is 0.497. The molecule has 0 spiro atoms. The maximum atomic E-state index is 13.4. The molecule has 0 fully saturated rings. The van der Waals surface area contributed by atoms with E-state index in [0.717, 1.165) is 23.0 Å². The molecule has 0 aliphatic carbocycles. The van der Waals surface area contributed by atoms with Crippen molar-refractivity contribution in [1.82, 2.24) is 9.55 Å². The fourth-order valence-electron chi connectivity index (χ4n) is 2.45. The molecule has 0 unspecified atom stereocenters. The van der Waals surface area contributed by atoms with Crippen LogP contribution >= 0.6 is 15.9 Å². The van der Waals surface area contributed by atoms with Gasteiger partial charge in [-0.15, -0.1) is 0 Å². The molecule has 0 radical (unpaired) electrons. The van der Waals surface area contributed by atoms with Gasteiger partial charge in [0.15, 0.2) is 0 Å². The van der Waals surface area contributed by atoms with E-state index in [-0.39, 0.29) is 11.6 Å². The van der Waals surface area contributed by atoms with Crippen LogP contribution in [0.25, 0.3) is 22.4 Å². The van der Waals surface area contributed by atoms with Crippen LogP contribution in [0.5, 0.6) is 5.75 Å². The van der Waals surface area contributed by atoms with Crippen LogP contribution in [0, 0.1) is 5.82 Å². The molecular formula is C16H14BrFN2O. The molecule has 0 aliphatic rings. The summed E-state index contributed by atoms with van der Waals surface area (Å²) < 4.78 is 16.3. The third-order valence-electron chi connectivity index (χ3n) is 3.36. The number of benzene rings is 2. The number of nitrogens with zero attached hydrogens (tertiary/aromatic N) is 2. The van der Waals surface area contributed by atoms with Crippen molar-refractivity contribution in [2.24, 2.45) is 0 Å². The second kappa shape index (κ2) is 5.48. The van der Waals surface area contributed by atoms with E-state index in [1.807, 2.05) is 10.6 Å². The molecule has 5 heteroatoms. The van der Waals surface area contributed by atoms with Crippen LogP contribution in [-0.2, 0) is 6.54 Å². The van der Waals surface area contributed by atoms with Crippen molar-refractivity contribution in [2.75, 3.05) is 0 Å². The Hall–Kier alpha value is -1.88. The average molecular weight is 349 g/mol. The predicted molar refractivity (Wildman–Crippen MR) is 84.8 cm³/mol. The first-order valence-electron chi connectivity index (χ1n) is 6.75. The Bertz CT molecular complexity index is 813. The highest BCUT2D eigenvalue weighted by atomic mass is 79.9. The molecule has 0 amide bonds. The highest BCUT2D eigenvalue weighted by Crippen LogP contribution is 2.33. The first kappa shape index (κ1) is 14.1. The average Bonchev–Trinajstić information content (AvgIpc) is 2.80. The summed E-state index contributed by atoms with van der Waals surface area (Å²) in [7, 11) is 0. The number of aromatic hydroxyl groups is 1. The number of phenols is 1. The van der Waals surface area contributed by atoms with Gasteiger partial charge in [0, 0.05) is 17.1 Å². The van der Waals surface area contributed by atoms with E-state index in [0.29, 0.717) is 16.9 Å². The molecule has 0 bridgehead atoms. The maximum Gasteiger partial charge on any atom is 0.144 e. The summed E-state index contributed by atoms with van der Waals surface area (Å²) in [5, 5.41) is 10.1. The van der Waals surface area contributed by atoms with Crippen molar-refractivity contribution >= 4 is 27.0 Å². The third-order valence-corrected chi connectivity index (χ3v) is 3.85. The van der Waals surface area contributed by atoms with Gasteiger partial charge in [-0.1, -0.05) is 22.9 Å². The molecular weight excluding hydrogens is 335 g/mol. The molecule has 2 aromatic carbocycles. The van der Waals surface area contributed by atoms with Crippen molar-refractivity contribution in [2.45, 2.75) is 19.9 Å². The Morgan fingerprint density at radius 2 is 2.05 bits per heavy atom. The Kier molecular flexibility index (Phi) is 3.68. The van der Waals surface area contributed by atoms with Crippen LogP contribution in [0.1, 0.15) is 13.3 Å². The Labute approximate surface area is 130 Å². The number of rotatable bonds is 3. The number of fused-ring (bicyclic) bond motifs is 1. The number of halogens is 2. The van der Waals surface area contributed by atoms with Crippen molar-refractivity contribution < 1.29 is 9.50 Å². The van der Waals surface area contributed by atoms with Gasteiger partial charge >= 0.3 is 0 Å². The maximum absolute atomic E-state index is 13.4. The first-order valence-corrected chi connectivity index (χ1v) is 7.54. The molecule has 108 valence electrons. The summed E-state index contributed by atoms with van der Waals surface area (Å²) in [5.41, 5.74) is 2.10. The van der Waals surface area contributed by atoms with Gasteiger partial charge in [0.1, 0.15) is 17.4 Å². The van der Waals surface area contributed by atoms with Crippen LogP contribution in [0.3, 0.4) is 0 Å². The number of aromatic nitrogens is 2. The van der Waals surface area contributed by atoms with E-state index in [1.165, 1.54) is 12.1 Å². The van der Waals surface area contributed by atoms with Gasteiger partial charge in [0.05, 0.1) is 16.6 Å². The quantitative estimate of drug-likeness (QED) is 0.743. The van der Waals surface area contributed by atoms with Crippen LogP contribution in [0.15, 0.2) is 40.9 Å². The normalized spacial score (nSPS) is 11.2. The van der Waals surface area contributed by atoms with Crippen LogP contribution < -0.4 is 0 Å². The van der Waals surface area contributed by atoms with Crippen LogP contribution in [0.2, 0.25) is 0 Å². The topological polar surface area (TPSA) is 38.0 Å². The fourth-order valence-corrected chi connectivity index (χ4v) is 2.81. The van der Waals surface area contributed by atoms with Crippen molar-refractivity contribution in [3.63, 3.8) is 0 Å². The van der Waals surface area contributed by atoms with Gasteiger partial charge in [-0.3, -0.25) is 0 Å². The number of hydrogen-bond acceptors (Lipinski definition) is 2. The minimum Gasteiger partial charge on any atom is -0.507 e. The largest absolute Gasteiger partial charge is 0.507 e. The van der Waals surface area contributed by atoms with E-state index in [4.69, 9.17) is 0 Å². The zero-order chi connectivity index (χ0) is 15.0. The molecule has 1 aromatic heterocycles. The van der Waals surface area contributed by atoms with Crippen molar-refractivity contribution in [3.8, 4) is 17.1 Å². The molecule has 0 saturated carbocycles. The number of imidazole rings is 1. The van der Waals surface area contributed by atoms with Crippen LogP contribution in [0.4, 0.5) is 4.39 Å². The monoisotopic (exact) mass is 348 g/mol. The predicted octanol–water partition coefficient (Wildman–Crippen LogP) is 4.72. The van der Waals surface area contributed by atoms with Gasteiger partial charge in [0.2, 0.25) is 0 Å². The van der Waals surface area contributed by atoms with Gasteiger partial charge in [-0.05, 0) is 36.8 Å². The molecule has 1 heterocycles. The van der Waals surface area contributed by atoms with E-state index < -0.39 is 0 Å². The minimum atomic E-state index is -0.311. The Morgan fingerprint density at radius 3 is 2.81 bits per heavy atom. The van der Waals surface area contributed by atoms with Crippen molar-refractivity contribution in [3.05, 3.63) is 46.7 Å². The third kappa shape index (κ3) is 2.53. The number of phenolic OH excluding ortho intramolecular Hbond substituents is 1. The lowest BCUT2D eigenvalue weighted by molar-refractivity contribution is 0.476. The minimum absolute atomic E-state index is 0.159. The summed E-state index contributed by atoms with van der Waals surface area (Å²) in [6, 6.07) is 9.78. The molecule has 3 rings (SSSR count). The van der Waals surface area contributed by atoms with E-state index in [2.05, 4.69) is 27.8 Å². The summed E-state index contributed by atoms with van der Waals surface area (Å²) in [6.45, 7) is 2.82. The number of aryl methyl sites for hydroxylation is 1. The van der Waals surface area contributed by atoms with Gasteiger partial charge < -0.3 is 9.67 Å². The zero-order valence-electron chi connectivity index (χ0n) is 11.5.